The van der Waals surface area contributed by atoms with Crippen LogP contribution in [0.3, 0.4) is 0 Å². The van der Waals surface area contributed by atoms with E-state index >= 15 is 0 Å². The van der Waals surface area contributed by atoms with Gasteiger partial charge in [0.25, 0.3) is 0 Å². The summed E-state index contributed by atoms with van der Waals surface area (Å²) in [5.41, 5.74) is 1.52. The van der Waals surface area contributed by atoms with Crippen LogP contribution in [0.25, 0.3) is 0 Å². The van der Waals surface area contributed by atoms with E-state index in [0.717, 1.165) is 5.56 Å². The average molecular weight is 411 g/mol. The normalized spacial score (nSPS) is 17.8. The van der Waals surface area contributed by atoms with Crippen molar-refractivity contribution in [2.24, 2.45) is 0 Å². The summed E-state index contributed by atoms with van der Waals surface area (Å²) < 4.78 is 37.0. The number of benzene rings is 2. The zero-order valence-corrected chi connectivity index (χ0v) is 16.0. The maximum Gasteiger partial charge on any atom is 0.174 e. The number of rotatable bonds is 4. The standard InChI is InChI=1S/C18H16ClFN2O2S2/c19-16-10-14(6-7-17(16)20)21-18(25)22(11-13-4-2-1-3-5-13)15-8-9-26(23,24)12-15/h1-10,15H,11-12H2,(H,21,25)/t15-/m0/s1. The van der Waals surface area contributed by atoms with Gasteiger partial charge < -0.3 is 10.2 Å². The van der Waals surface area contributed by atoms with Gasteiger partial charge in [-0.3, -0.25) is 0 Å². The van der Waals surface area contributed by atoms with Crippen LogP contribution in [-0.2, 0) is 16.4 Å². The van der Waals surface area contributed by atoms with Gasteiger partial charge in [-0.1, -0.05) is 41.9 Å². The summed E-state index contributed by atoms with van der Waals surface area (Å²) in [7, 11) is -3.23. The minimum atomic E-state index is -3.23. The topological polar surface area (TPSA) is 49.4 Å². The van der Waals surface area contributed by atoms with Crippen molar-refractivity contribution in [3.8, 4) is 0 Å². The Morgan fingerprint density at radius 2 is 2.00 bits per heavy atom. The van der Waals surface area contributed by atoms with Crippen molar-refractivity contribution in [3.63, 3.8) is 0 Å². The molecule has 1 aliphatic heterocycles. The Morgan fingerprint density at radius 1 is 1.27 bits per heavy atom. The number of hydrogen-bond donors (Lipinski definition) is 1. The predicted molar refractivity (Wildman–Crippen MR) is 106 cm³/mol. The molecule has 2 aromatic carbocycles. The molecule has 1 aliphatic rings. The van der Waals surface area contributed by atoms with Crippen molar-refractivity contribution in [1.29, 1.82) is 0 Å². The number of halogens is 2. The number of anilines is 1. The molecule has 2 aromatic rings. The first-order chi connectivity index (χ1) is 12.3. The van der Waals surface area contributed by atoms with E-state index in [2.05, 4.69) is 5.32 Å². The van der Waals surface area contributed by atoms with Crippen LogP contribution in [0.5, 0.6) is 0 Å². The quantitative estimate of drug-likeness (QED) is 0.772. The lowest BCUT2D eigenvalue weighted by atomic mass is 10.2. The summed E-state index contributed by atoms with van der Waals surface area (Å²) in [5, 5.41) is 4.55. The zero-order valence-electron chi connectivity index (χ0n) is 13.6. The van der Waals surface area contributed by atoms with Crippen molar-refractivity contribution < 1.29 is 12.8 Å². The van der Waals surface area contributed by atoms with Crippen LogP contribution in [0, 0.1) is 5.82 Å². The number of nitrogens with one attached hydrogen (secondary N) is 1. The number of nitrogens with zero attached hydrogens (tertiary/aromatic N) is 1. The molecule has 0 spiro atoms. The lowest BCUT2D eigenvalue weighted by molar-refractivity contribution is 0.380. The van der Waals surface area contributed by atoms with Gasteiger partial charge in [0.15, 0.2) is 14.9 Å². The fraction of sp³-hybridized carbons (Fsp3) is 0.167. The molecule has 1 heterocycles. The largest absolute Gasteiger partial charge is 0.337 e. The maximum absolute atomic E-state index is 13.3. The monoisotopic (exact) mass is 410 g/mol. The molecular formula is C18H16ClFN2O2S2. The molecule has 1 atom stereocenters. The van der Waals surface area contributed by atoms with E-state index in [1.165, 1.54) is 23.6 Å². The van der Waals surface area contributed by atoms with Crippen molar-refractivity contribution in [2.45, 2.75) is 12.6 Å². The SMILES string of the molecule is O=S1(=O)C=C[C@H](N(Cc2ccccc2)C(=S)Nc2ccc(F)c(Cl)c2)C1. The summed E-state index contributed by atoms with van der Waals surface area (Å²) in [6.07, 6.45) is 1.63. The molecule has 1 N–H and O–H groups in total. The lowest BCUT2D eigenvalue weighted by Crippen LogP contribution is -2.42. The second kappa shape index (κ2) is 7.73. The molecule has 0 unspecified atom stereocenters. The van der Waals surface area contributed by atoms with Crippen LogP contribution in [-0.4, -0.2) is 30.2 Å². The molecule has 0 saturated heterocycles. The van der Waals surface area contributed by atoms with Crippen LogP contribution < -0.4 is 5.32 Å². The molecule has 0 bridgehead atoms. The average Bonchev–Trinajstić information content (AvgIpc) is 2.96. The third-order valence-corrected chi connectivity index (χ3v) is 5.94. The van der Waals surface area contributed by atoms with Crippen molar-refractivity contribution in [2.75, 3.05) is 11.1 Å². The van der Waals surface area contributed by atoms with Gasteiger partial charge in [-0.15, -0.1) is 0 Å². The predicted octanol–water partition coefficient (Wildman–Crippen LogP) is 3.99. The summed E-state index contributed by atoms with van der Waals surface area (Å²) in [5.74, 6) is -0.555. The maximum atomic E-state index is 13.3. The van der Waals surface area contributed by atoms with Crippen LogP contribution >= 0.6 is 23.8 Å². The molecule has 136 valence electrons. The van der Waals surface area contributed by atoms with Crippen molar-refractivity contribution in [3.05, 3.63) is 76.4 Å². The van der Waals surface area contributed by atoms with Crippen LogP contribution in [0.1, 0.15) is 5.56 Å². The smallest absolute Gasteiger partial charge is 0.174 e. The van der Waals surface area contributed by atoms with Gasteiger partial charge in [0, 0.05) is 17.6 Å². The molecule has 8 heteroatoms. The summed E-state index contributed by atoms with van der Waals surface area (Å²) in [4.78, 5) is 1.79. The fourth-order valence-corrected chi connectivity index (χ4v) is 4.44. The van der Waals surface area contributed by atoms with Crippen molar-refractivity contribution in [1.82, 2.24) is 4.90 Å². The third-order valence-electron chi connectivity index (χ3n) is 3.94. The molecule has 0 aliphatic carbocycles. The minimum absolute atomic E-state index is 0.0178. The third kappa shape index (κ3) is 4.60. The van der Waals surface area contributed by atoms with E-state index in [9.17, 15) is 12.8 Å². The van der Waals surface area contributed by atoms with Gasteiger partial charge in [-0.2, -0.15) is 0 Å². The minimum Gasteiger partial charge on any atom is -0.337 e. The van der Waals surface area contributed by atoms with Gasteiger partial charge in [-0.25, -0.2) is 12.8 Å². The highest BCUT2D eigenvalue weighted by molar-refractivity contribution is 7.94. The first kappa shape index (κ1) is 18.8. The lowest BCUT2D eigenvalue weighted by Gasteiger charge is -2.30. The van der Waals surface area contributed by atoms with Gasteiger partial charge in [-0.05, 0) is 42.1 Å². The number of hydrogen-bond acceptors (Lipinski definition) is 3. The fourth-order valence-electron chi connectivity index (χ4n) is 2.64. The Labute approximate surface area is 162 Å². The van der Waals surface area contributed by atoms with E-state index in [-0.39, 0.29) is 16.8 Å². The van der Waals surface area contributed by atoms with E-state index in [1.807, 2.05) is 30.3 Å². The highest BCUT2D eigenvalue weighted by Crippen LogP contribution is 2.22. The van der Waals surface area contributed by atoms with E-state index in [0.29, 0.717) is 17.3 Å². The van der Waals surface area contributed by atoms with Gasteiger partial charge in [0.05, 0.1) is 16.8 Å². The summed E-state index contributed by atoms with van der Waals surface area (Å²) >= 11 is 11.3. The molecular weight excluding hydrogens is 395 g/mol. The second-order valence-electron chi connectivity index (χ2n) is 5.90. The Bertz CT molecular complexity index is 949. The summed E-state index contributed by atoms with van der Waals surface area (Å²) in [6.45, 7) is 0.437. The Hall–Kier alpha value is -1.96. The van der Waals surface area contributed by atoms with Gasteiger partial charge in [0.2, 0.25) is 0 Å². The first-order valence-corrected chi connectivity index (χ1v) is 10.3. The van der Waals surface area contributed by atoms with E-state index < -0.39 is 15.7 Å². The molecule has 3 rings (SSSR count). The van der Waals surface area contributed by atoms with E-state index in [1.54, 1.807) is 11.0 Å². The van der Waals surface area contributed by atoms with Gasteiger partial charge in [0.1, 0.15) is 5.82 Å². The molecule has 0 radical (unpaired) electrons. The van der Waals surface area contributed by atoms with Gasteiger partial charge >= 0.3 is 0 Å². The molecule has 0 fully saturated rings. The Kier molecular flexibility index (Phi) is 5.60. The molecule has 0 aromatic heterocycles. The molecule has 0 saturated carbocycles. The van der Waals surface area contributed by atoms with Crippen LogP contribution in [0.2, 0.25) is 5.02 Å². The summed E-state index contributed by atoms with van der Waals surface area (Å²) in [6, 6.07) is 13.4. The zero-order chi connectivity index (χ0) is 18.7. The van der Waals surface area contributed by atoms with Crippen LogP contribution in [0.15, 0.2) is 60.0 Å². The molecule has 26 heavy (non-hydrogen) atoms. The van der Waals surface area contributed by atoms with Crippen molar-refractivity contribution >= 4 is 44.5 Å². The Morgan fingerprint density at radius 3 is 2.62 bits per heavy atom. The number of sulfone groups is 1. The molecule has 4 nitrogen and oxygen atoms in total. The highest BCUT2D eigenvalue weighted by Gasteiger charge is 2.29. The molecule has 0 amide bonds. The Balaban J connectivity index is 1.83. The highest BCUT2D eigenvalue weighted by atomic mass is 35.5. The van der Waals surface area contributed by atoms with E-state index in [4.69, 9.17) is 23.8 Å². The van der Waals surface area contributed by atoms with Crippen LogP contribution in [0.4, 0.5) is 10.1 Å². The number of thiocarbonyl (C=S) groups is 1. The first-order valence-electron chi connectivity index (χ1n) is 7.82. The second-order valence-corrected chi connectivity index (χ2v) is 8.62.